The molecule has 2 heterocycles. The Bertz CT molecular complexity index is 1080. The van der Waals surface area contributed by atoms with E-state index in [-0.39, 0.29) is 0 Å². The van der Waals surface area contributed by atoms with Gasteiger partial charge in [-0.3, -0.25) is 4.98 Å². The normalized spacial score (nSPS) is 11.6. The lowest BCUT2D eigenvalue weighted by molar-refractivity contribution is 0.306. The van der Waals surface area contributed by atoms with Gasteiger partial charge in [0, 0.05) is 24.4 Å². The molecule has 4 rings (SSSR count). The van der Waals surface area contributed by atoms with E-state index in [0.717, 1.165) is 52.9 Å². The van der Waals surface area contributed by atoms with Gasteiger partial charge < -0.3 is 9.30 Å². The maximum Gasteiger partial charge on any atom is 0.122 e. The van der Waals surface area contributed by atoms with Gasteiger partial charge in [-0.15, -0.1) is 0 Å². The lowest BCUT2D eigenvalue weighted by atomic mass is 10.1. The van der Waals surface area contributed by atoms with Crippen LogP contribution >= 0.6 is 0 Å². The average molecular weight is 374 g/mol. The number of ether oxygens (including phenoxy) is 1. The van der Waals surface area contributed by atoms with Crippen LogP contribution in [0.2, 0.25) is 0 Å². The van der Waals surface area contributed by atoms with E-state index in [0.29, 0.717) is 12.5 Å². The monoisotopic (exact) mass is 373 g/mol. The summed E-state index contributed by atoms with van der Waals surface area (Å²) < 4.78 is 8.38. The maximum absolute atomic E-state index is 5.99. The molecule has 28 heavy (non-hydrogen) atoms. The van der Waals surface area contributed by atoms with Crippen LogP contribution in [-0.2, 0) is 19.6 Å². The van der Waals surface area contributed by atoms with E-state index >= 15 is 0 Å². The molecule has 0 aliphatic carbocycles. The van der Waals surface area contributed by atoms with Crippen molar-refractivity contribution < 1.29 is 4.74 Å². The highest BCUT2D eigenvalue weighted by Crippen LogP contribution is 2.29. The van der Waals surface area contributed by atoms with Crippen LogP contribution in [0.15, 0.2) is 54.7 Å². The van der Waals surface area contributed by atoms with Gasteiger partial charge in [0.15, 0.2) is 0 Å². The largest absolute Gasteiger partial charge is 0.489 e. The molecule has 0 amide bonds. The summed E-state index contributed by atoms with van der Waals surface area (Å²) in [6, 6.07) is 16.4. The summed E-state index contributed by atoms with van der Waals surface area (Å²) in [5, 5.41) is 1.14. The molecule has 0 atom stereocenters. The minimum absolute atomic E-state index is 0.556. The maximum atomic E-state index is 5.99. The van der Waals surface area contributed by atoms with Crippen molar-refractivity contribution >= 4 is 21.9 Å². The zero-order chi connectivity index (χ0) is 19.5. The standard InChI is InChI=1S/C24H27N3O/c1-4-8-23-26-22-14-25-21-13-19(28-16-18-9-6-5-7-10-18)11-12-20(21)24(22)27(23)15-17(2)3/h5-7,9-14,17H,4,8,15-16H2,1-3H3. The Morgan fingerprint density at radius 3 is 2.61 bits per heavy atom. The number of imidazole rings is 1. The Hall–Kier alpha value is -2.88. The van der Waals surface area contributed by atoms with Crippen molar-refractivity contribution in [2.45, 2.75) is 46.8 Å². The molecule has 0 unspecified atom stereocenters. The zero-order valence-corrected chi connectivity index (χ0v) is 16.9. The van der Waals surface area contributed by atoms with Gasteiger partial charge >= 0.3 is 0 Å². The van der Waals surface area contributed by atoms with Crippen LogP contribution in [0.1, 0.15) is 38.6 Å². The second kappa shape index (κ2) is 8.01. The van der Waals surface area contributed by atoms with Crippen LogP contribution in [0.4, 0.5) is 0 Å². The molecule has 0 N–H and O–H groups in total. The third-order valence-electron chi connectivity index (χ3n) is 4.89. The summed E-state index contributed by atoms with van der Waals surface area (Å²) in [4.78, 5) is 9.54. The number of rotatable bonds is 7. The van der Waals surface area contributed by atoms with Crippen LogP contribution in [-0.4, -0.2) is 14.5 Å². The summed E-state index contributed by atoms with van der Waals surface area (Å²) in [7, 11) is 0. The molecule has 0 radical (unpaired) electrons. The number of fused-ring (bicyclic) bond motifs is 3. The van der Waals surface area contributed by atoms with Crippen molar-refractivity contribution in [3.05, 3.63) is 66.1 Å². The van der Waals surface area contributed by atoms with Crippen LogP contribution in [0.5, 0.6) is 5.75 Å². The van der Waals surface area contributed by atoms with Crippen molar-refractivity contribution in [1.29, 1.82) is 0 Å². The summed E-state index contributed by atoms with van der Waals surface area (Å²) in [6.07, 6.45) is 3.97. The Morgan fingerprint density at radius 2 is 1.86 bits per heavy atom. The number of benzene rings is 2. The molecule has 0 saturated carbocycles. The van der Waals surface area contributed by atoms with Gasteiger partial charge in [-0.05, 0) is 30.0 Å². The lowest BCUT2D eigenvalue weighted by Gasteiger charge is -2.13. The first-order chi connectivity index (χ1) is 13.7. The van der Waals surface area contributed by atoms with Gasteiger partial charge in [-0.2, -0.15) is 0 Å². The Labute approximate surface area is 166 Å². The first-order valence-corrected chi connectivity index (χ1v) is 10.1. The molecule has 2 aromatic carbocycles. The smallest absolute Gasteiger partial charge is 0.122 e. The van der Waals surface area contributed by atoms with Gasteiger partial charge in [0.1, 0.15) is 23.7 Å². The molecule has 0 aliphatic rings. The topological polar surface area (TPSA) is 39.9 Å². The minimum atomic E-state index is 0.556. The third-order valence-corrected chi connectivity index (χ3v) is 4.89. The van der Waals surface area contributed by atoms with Gasteiger partial charge in [-0.25, -0.2) is 4.98 Å². The third kappa shape index (κ3) is 3.72. The minimum Gasteiger partial charge on any atom is -0.489 e. The van der Waals surface area contributed by atoms with Gasteiger partial charge in [0.05, 0.1) is 17.2 Å². The second-order valence-electron chi connectivity index (χ2n) is 7.73. The predicted octanol–water partition coefficient (Wildman–Crippen LogP) is 5.77. The van der Waals surface area contributed by atoms with Gasteiger partial charge in [0.25, 0.3) is 0 Å². The molecule has 0 spiro atoms. The van der Waals surface area contributed by atoms with E-state index in [1.807, 2.05) is 36.5 Å². The van der Waals surface area contributed by atoms with Crippen molar-refractivity contribution in [3.63, 3.8) is 0 Å². The Morgan fingerprint density at radius 1 is 1.04 bits per heavy atom. The molecule has 4 aromatic rings. The van der Waals surface area contributed by atoms with Crippen LogP contribution in [0.3, 0.4) is 0 Å². The van der Waals surface area contributed by atoms with E-state index in [1.54, 1.807) is 0 Å². The molecule has 0 aliphatic heterocycles. The summed E-state index contributed by atoms with van der Waals surface area (Å²) in [5.74, 6) is 2.56. The van der Waals surface area contributed by atoms with E-state index in [2.05, 4.69) is 48.5 Å². The Balaban J connectivity index is 1.72. The van der Waals surface area contributed by atoms with Gasteiger partial charge in [0.2, 0.25) is 0 Å². The first-order valence-electron chi connectivity index (χ1n) is 10.1. The van der Waals surface area contributed by atoms with Crippen molar-refractivity contribution in [1.82, 2.24) is 14.5 Å². The highest BCUT2D eigenvalue weighted by atomic mass is 16.5. The van der Waals surface area contributed by atoms with Gasteiger partial charge in [-0.1, -0.05) is 51.1 Å². The van der Waals surface area contributed by atoms with Crippen molar-refractivity contribution in [2.75, 3.05) is 0 Å². The van der Waals surface area contributed by atoms with E-state index in [9.17, 15) is 0 Å². The SMILES string of the molecule is CCCc1nc2cnc3cc(OCc4ccccc4)ccc3c2n1CC(C)C. The summed E-state index contributed by atoms with van der Waals surface area (Å²) >= 11 is 0. The fourth-order valence-corrected chi connectivity index (χ4v) is 3.65. The highest BCUT2D eigenvalue weighted by molar-refractivity contribution is 6.02. The number of aryl methyl sites for hydroxylation is 1. The van der Waals surface area contributed by atoms with Crippen LogP contribution < -0.4 is 4.74 Å². The van der Waals surface area contributed by atoms with Crippen molar-refractivity contribution in [2.24, 2.45) is 5.92 Å². The fraction of sp³-hybridized carbons (Fsp3) is 0.333. The number of hydrogen-bond donors (Lipinski definition) is 0. The zero-order valence-electron chi connectivity index (χ0n) is 16.9. The molecular formula is C24H27N3O. The second-order valence-corrected chi connectivity index (χ2v) is 7.73. The molecule has 2 aromatic heterocycles. The Kier molecular flexibility index (Phi) is 5.29. The summed E-state index contributed by atoms with van der Waals surface area (Å²) in [5.41, 5.74) is 4.28. The number of nitrogens with zero attached hydrogens (tertiary/aromatic N) is 3. The number of hydrogen-bond acceptors (Lipinski definition) is 3. The fourth-order valence-electron chi connectivity index (χ4n) is 3.65. The summed E-state index contributed by atoms with van der Waals surface area (Å²) in [6.45, 7) is 8.23. The number of aromatic nitrogens is 3. The van der Waals surface area contributed by atoms with Crippen LogP contribution in [0, 0.1) is 5.92 Å². The quantitative estimate of drug-likeness (QED) is 0.413. The van der Waals surface area contributed by atoms with Crippen molar-refractivity contribution in [3.8, 4) is 5.75 Å². The highest BCUT2D eigenvalue weighted by Gasteiger charge is 2.15. The molecule has 4 nitrogen and oxygen atoms in total. The van der Waals surface area contributed by atoms with E-state index < -0.39 is 0 Å². The van der Waals surface area contributed by atoms with Crippen LogP contribution in [0.25, 0.3) is 21.9 Å². The molecule has 4 heteroatoms. The number of pyridine rings is 1. The molecule has 0 saturated heterocycles. The predicted molar refractivity (Wildman–Crippen MR) is 115 cm³/mol. The lowest BCUT2D eigenvalue weighted by Crippen LogP contribution is -2.08. The molecule has 144 valence electrons. The van der Waals surface area contributed by atoms with E-state index in [4.69, 9.17) is 9.72 Å². The average Bonchev–Trinajstić information content (AvgIpc) is 3.04. The molecular weight excluding hydrogens is 346 g/mol. The molecule has 0 fully saturated rings. The first kappa shape index (κ1) is 18.5. The molecule has 0 bridgehead atoms. The van der Waals surface area contributed by atoms with E-state index in [1.165, 1.54) is 5.52 Å².